The third-order valence-electron chi connectivity index (χ3n) is 6.00. The van der Waals surface area contributed by atoms with Crippen molar-refractivity contribution in [1.82, 2.24) is 15.3 Å². The second kappa shape index (κ2) is 14.9. The summed E-state index contributed by atoms with van der Waals surface area (Å²) in [5.74, 6) is 0.175. The molecule has 0 saturated heterocycles. The summed E-state index contributed by atoms with van der Waals surface area (Å²) in [5.41, 5.74) is 0.515. The van der Waals surface area contributed by atoms with E-state index in [1.165, 1.54) is 55.9 Å². The molecule has 238 valence electrons. The molecule has 4 aromatic rings. The van der Waals surface area contributed by atoms with Gasteiger partial charge in [-0.1, -0.05) is 24.3 Å². The predicted molar refractivity (Wildman–Crippen MR) is 151 cm³/mol. The fraction of sp³-hybridized carbons (Fsp3) is 0.258. The number of carbonyl (C=O) groups excluding carboxylic acids is 1. The van der Waals surface area contributed by atoms with Crippen molar-refractivity contribution in [2.24, 2.45) is 0 Å². The lowest BCUT2D eigenvalue weighted by molar-refractivity contribution is -0.138. The van der Waals surface area contributed by atoms with Crippen molar-refractivity contribution in [3.63, 3.8) is 0 Å². The molecule has 0 atom stereocenters. The number of alkyl halides is 6. The van der Waals surface area contributed by atoms with Crippen molar-refractivity contribution in [3.05, 3.63) is 106 Å². The maximum atomic E-state index is 12.7. The van der Waals surface area contributed by atoms with Crippen LogP contribution in [0.15, 0.2) is 69.9 Å². The monoisotopic (exact) mass is 635 g/mol. The minimum atomic E-state index is -4.41. The maximum Gasteiger partial charge on any atom is 0.416 e. The highest BCUT2D eigenvalue weighted by Crippen LogP contribution is 2.30. The molecule has 1 N–H and O–H groups in total. The number of carbonyl (C=O) groups is 1. The van der Waals surface area contributed by atoms with E-state index in [0.717, 1.165) is 24.3 Å². The van der Waals surface area contributed by atoms with Crippen LogP contribution in [0.25, 0.3) is 24.3 Å². The zero-order chi connectivity index (χ0) is 32.5. The van der Waals surface area contributed by atoms with E-state index >= 15 is 0 Å². The van der Waals surface area contributed by atoms with Crippen LogP contribution in [-0.2, 0) is 39.8 Å². The SMILES string of the molecule is CC(=O)NC(COCc1coc(/C=C/c2ccc(C(F)(F)F)cc2)n1)COCc1coc(/C=C/c2ccc(C(F)(F)F)cc2)n1. The Bertz CT molecular complexity index is 1480. The summed E-state index contributed by atoms with van der Waals surface area (Å²) in [6, 6.07) is 8.79. The molecule has 2 aromatic heterocycles. The van der Waals surface area contributed by atoms with Crippen LogP contribution in [-0.4, -0.2) is 35.1 Å². The Labute approximate surface area is 253 Å². The average Bonchev–Trinajstić information content (AvgIpc) is 3.63. The van der Waals surface area contributed by atoms with Gasteiger partial charge in [0.15, 0.2) is 0 Å². The summed E-state index contributed by atoms with van der Waals surface area (Å²) in [5, 5.41) is 2.73. The fourth-order valence-corrected chi connectivity index (χ4v) is 3.86. The Morgan fingerprint density at radius 1 is 0.733 bits per heavy atom. The number of rotatable bonds is 13. The molecule has 0 aliphatic carbocycles. The molecule has 45 heavy (non-hydrogen) atoms. The van der Waals surface area contributed by atoms with Gasteiger partial charge in [-0.25, -0.2) is 9.97 Å². The first kappa shape index (κ1) is 33.2. The lowest BCUT2D eigenvalue weighted by Gasteiger charge is -2.17. The normalized spacial score (nSPS) is 12.5. The van der Waals surface area contributed by atoms with E-state index in [2.05, 4.69) is 15.3 Å². The Morgan fingerprint density at radius 2 is 1.13 bits per heavy atom. The zero-order valence-corrected chi connectivity index (χ0v) is 23.7. The second-order valence-corrected chi connectivity index (χ2v) is 9.69. The molecule has 0 radical (unpaired) electrons. The molecule has 0 spiro atoms. The minimum Gasteiger partial charge on any atom is -0.445 e. The molecule has 4 rings (SSSR count). The quantitative estimate of drug-likeness (QED) is 0.154. The highest BCUT2D eigenvalue weighted by atomic mass is 19.4. The molecular formula is C31H27F6N3O5. The predicted octanol–water partition coefficient (Wildman–Crippen LogP) is 7.28. The van der Waals surface area contributed by atoms with Crippen molar-refractivity contribution in [2.45, 2.75) is 38.5 Å². The molecule has 0 fully saturated rings. The number of oxazole rings is 2. The van der Waals surface area contributed by atoms with E-state index in [4.69, 9.17) is 18.3 Å². The van der Waals surface area contributed by atoms with Crippen LogP contribution in [0, 0.1) is 0 Å². The molecule has 0 unspecified atom stereocenters. The number of nitrogens with zero attached hydrogens (tertiary/aromatic N) is 2. The molecule has 0 bridgehead atoms. The molecule has 8 nitrogen and oxygen atoms in total. The van der Waals surface area contributed by atoms with Gasteiger partial charge < -0.3 is 23.6 Å². The van der Waals surface area contributed by atoms with E-state index in [9.17, 15) is 31.1 Å². The summed E-state index contributed by atoms with van der Waals surface area (Å²) >= 11 is 0. The lowest BCUT2D eigenvalue weighted by atomic mass is 10.1. The first-order chi connectivity index (χ1) is 21.3. The third-order valence-corrected chi connectivity index (χ3v) is 6.00. The van der Waals surface area contributed by atoms with Gasteiger partial charge in [-0.2, -0.15) is 26.3 Å². The third kappa shape index (κ3) is 10.8. The van der Waals surface area contributed by atoms with Gasteiger partial charge >= 0.3 is 12.4 Å². The lowest BCUT2D eigenvalue weighted by Crippen LogP contribution is -2.40. The van der Waals surface area contributed by atoms with Crippen molar-refractivity contribution < 1.29 is 49.4 Å². The molecule has 0 aliphatic heterocycles. The van der Waals surface area contributed by atoms with Crippen LogP contribution < -0.4 is 5.32 Å². The summed E-state index contributed by atoms with van der Waals surface area (Å²) in [6.07, 6.45) is 0.0982. The average molecular weight is 636 g/mol. The van der Waals surface area contributed by atoms with Crippen LogP contribution in [0.2, 0.25) is 0 Å². The minimum absolute atomic E-state index is 0.0611. The number of halogens is 6. The van der Waals surface area contributed by atoms with E-state index in [1.54, 1.807) is 12.2 Å². The van der Waals surface area contributed by atoms with Gasteiger partial charge in [0.05, 0.1) is 43.6 Å². The van der Waals surface area contributed by atoms with Gasteiger partial charge in [0.1, 0.15) is 23.9 Å². The number of hydrogen-bond donors (Lipinski definition) is 1. The van der Waals surface area contributed by atoms with Gasteiger partial charge in [-0.3, -0.25) is 4.79 Å². The number of nitrogens with one attached hydrogen (secondary N) is 1. The topological polar surface area (TPSA) is 99.6 Å². The zero-order valence-electron chi connectivity index (χ0n) is 23.7. The van der Waals surface area contributed by atoms with E-state index in [-0.39, 0.29) is 44.1 Å². The van der Waals surface area contributed by atoms with Crippen LogP contribution in [0.3, 0.4) is 0 Å². The number of hydrogen-bond acceptors (Lipinski definition) is 7. The standard InChI is InChI=1S/C31H27F6N3O5/c1-20(41)38-25(14-42-16-26-18-44-28(39-26)12-6-21-2-8-23(9-3-21)30(32,33)34)15-43-17-27-19-45-29(40-27)13-7-22-4-10-24(11-5-22)31(35,36)37/h2-13,18-19,25H,14-17H2,1H3,(H,38,41)/b12-6+,13-7+. The van der Waals surface area contributed by atoms with Gasteiger partial charge in [-0.05, 0) is 47.5 Å². The second-order valence-electron chi connectivity index (χ2n) is 9.69. The molecular weight excluding hydrogens is 608 g/mol. The van der Waals surface area contributed by atoms with E-state index in [0.29, 0.717) is 22.5 Å². The van der Waals surface area contributed by atoms with Crippen molar-refractivity contribution in [1.29, 1.82) is 0 Å². The molecule has 1 amide bonds. The number of benzene rings is 2. The van der Waals surface area contributed by atoms with Crippen LogP contribution in [0.1, 0.15) is 52.3 Å². The Kier molecular flexibility index (Phi) is 11.0. The van der Waals surface area contributed by atoms with Crippen molar-refractivity contribution in [2.75, 3.05) is 13.2 Å². The number of aromatic nitrogens is 2. The summed E-state index contributed by atoms with van der Waals surface area (Å²) in [6.45, 7) is 1.65. The van der Waals surface area contributed by atoms with E-state index in [1.807, 2.05) is 0 Å². The van der Waals surface area contributed by atoms with Gasteiger partial charge in [0.2, 0.25) is 17.7 Å². The van der Waals surface area contributed by atoms with Gasteiger partial charge in [-0.15, -0.1) is 0 Å². The molecule has 0 aliphatic rings. The highest BCUT2D eigenvalue weighted by Gasteiger charge is 2.30. The van der Waals surface area contributed by atoms with Crippen LogP contribution >= 0.6 is 0 Å². The molecule has 0 saturated carbocycles. The number of ether oxygens (including phenoxy) is 2. The van der Waals surface area contributed by atoms with Crippen LogP contribution in [0.4, 0.5) is 26.3 Å². The molecule has 14 heteroatoms. The first-order valence-corrected chi connectivity index (χ1v) is 13.4. The van der Waals surface area contributed by atoms with Crippen molar-refractivity contribution in [3.8, 4) is 0 Å². The maximum absolute atomic E-state index is 12.7. The molecule has 2 aromatic carbocycles. The summed E-state index contributed by atoms with van der Waals surface area (Å²) in [7, 11) is 0. The Balaban J connectivity index is 1.21. The van der Waals surface area contributed by atoms with Crippen LogP contribution in [0.5, 0.6) is 0 Å². The fourth-order valence-electron chi connectivity index (χ4n) is 3.86. The van der Waals surface area contributed by atoms with Gasteiger partial charge in [0, 0.05) is 19.1 Å². The van der Waals surface area contributed by atoms with Crippen molar-refractivity contribution >= 4 is 30.2 Å². The first-order valence-electron chi connectivity index (χ1n) is 13.4. The summed E-state index contributed by atoms with van der Waals surface area (Å²) < 4.78 is 98.3. The Hall–Kier alpha value is -4.69. The Morgan fingerprint density at radius 3 is 1.49 bits per heavy atom. The van der Waals surface area contributed by atoms with E-state index < -0.39 is 29.5 Å². The highest BCUT2D eigenvalue weighted by molar-refractivity contribution is 5.73. The summed E-state index contributed by atoms with van der Waals surface area (Å²) in [4.78, 5) is 20.1. The molecule has 2 heterocycles. The van der Waals surface area contributed by atoms with Gasteiger partial charge in [0.25, 0.3) is 0 Å². The largest absolute Gasteiger partial charge is 0.445 e. The smallest absolute Gasteiger partial charge is 0.416 e. The number of amides is 1.